The van der Waals surface area contributed by atoms with Gasteiger partial charge < -0.3 is 18.9 Å². The monoisotopic (exact) mass is 174 g/mol. The topological polar surface area (TPSA) is 43.5 Å². The van der Waals surface area contributed by atoms with E-state index in [1.807, 2.05) is 0 Å². The standard InChI is InChI=1S/C8H14O4/c1(9-3-7-5-11-7)2-10-4-8-6-12-8/h7-8H,1-6H2/t7-,8+. The Hall–Kier alpha value is -0.160. The van der Waals surface area contributed by atoms with E-state index >= 15 is 0 Å². The normalized spacial score (nSPS) is 32.0. The van der Waals surface area contributed by atoms with Gasteiger partial charge in [0.1, 0.15) is 12.2 Å². The van der Waals surface area contributed by atoms with E-state index in [1.165, 1.54) is 0 Å². The van der Waals surface area contributed by atoms with Crippen LogP contribution in [0.25, 0.3) is 0 Å². The summed E-state index contributed by atoms with van der Waals surface area (Å²) in [6, 6.07) is 0. The molecular weight excluding hydrogens is 160 g/mol. The Kier molecular flexibility index (Phi) is 2.94. The van der Waals surface area contributed by atoms with Crippen molar-refractivity contribution in [3.63, 3.8) is 0 Å². The van der Waals surface area contributed by atoms with E-state index in [2.05, 4.69) is 0 Å². The quantitative estimate of drug-likeness (QED) is 0.396. The molecule has 0 aromatic heterocycles. The third-order valence-electron chi connectivity index (χ3n) is 1.78. The van der Waals surface area contributed by atoms with Crippen molar-refractivity contribution in [2.45, 2.75) is 12.2 Å². The van der Waals surface area contributed by atoms with Crippen LogP contribution in [0.1, 0.15) is 0 Å². The number of hydrogen-bond acceptors (Lipinski definition) is 4. The fraction of sp³-hybridized carbons (Fsp3) is 1.00. The molecule has 2 heterocycles. The summed E-state index contributed by atoms with van der Waals surface area (Å²) in [4.78, 5) is 0. The van der Waals surface area contributed by atoms with Crippen molar-refractivity contribution < 1.29 is 18.9 Å². The van der Waals surface area contributed by atoms with Crippen molar-refractivity contribution in [3.05, 3.63) is 0 Å². The molecule has 12 heavy (non-hydrogen) atoms. The summed E-state index contributed by atoms with van der Waals surface area (Å²) >= 11 is 0. The van der Waals surface area contributed by atoms with E-state index in [9.17, 15) is 0 Å². The highest BCUT2D eigenvalue weighted by Gasteiger charge is 2.23. The van der Waals surface area contributed by atoms with Crippen molar-refractivity contribution in [1.82, 2.24) is 0 Å². The molecule has 0 saturated carbocycles. The first-order valence-corrected chi connectivity index (χ1v) is 4.34. The summed E-state index contributed by atoms with van der Waals surface area (Å²) < 4.78 is 20.5. The summed E-state index contributed by atoms with van der Waals surface area (Å²) in [7, 11) is 0. The Bertz CT molecular complexity index is 115. The highest BCUT2D eigenvalue weighted by atomic mass is 16.6. The van der Waals surface area contributed by atoms with Gasteiger partial charge in [0.2, 0.25) is 0 Å². The van der Waals surface area contributed by atoms with Crippen LogP contribution in [0.4, 0.5) is 0 Å². The molecule has 70 valence electrons. The third kappa shape index (κ3) is 3.49. The Balaban J connectivity index is 1.31. The number of rotatable bonds is 7. The van der Waals surface area contributed by atoms with Gasteiger partial charge in [-0.25, -0.2) is 0 Å². The molecule has 2 fully saturated rings. The zero-order valence-corrected chi connectivity index (χ0v) is 7.03. The molecule has 2 rings (SSSR count). The molecule has 4 nitrogen and oxygen atoms in total. The molecule has 2 saturated heterocycles. The number of epoxide rings is 2. The van der Waals surface area contributed by atoms with Crippen LogP contribution in [0, 0.1) is 0 Å². The minimum atomic E-state index is 0.358. The van der Waals surface area contributed by atoms with Crippen LogP contribution in [0.15, 0.2) is 0 Å². The first-order valence-electron chi connectivity index (χ1n) is 4.34. The predicted molar refractivity (Wildman–Crippen MR) is 41.1 cm³/mol. The molecule has 0 aromatic rings. The van der Waals surface area contributed by atoms with Crippen LogP contribution < -0.4 is 0 Å². The fourth-order valence-corrected chi connectivity index (χ4v) is 0.876. The van der Waals surface area contributed by atoms with Crippen molar-refractivity contribution in [1.29, 1.82) is 0 Å². The highest BCUT2D eigenvalue weighted by molar-refractivity contribution is 4.68. The number of hydrogen-bond donors (Lipinski definition) is 0. The molecule has 0 N–H and O–H groups in total. The lowest BCUT2D eigenvalue weighted by Gasteiger charge is -2.02. The second-order valence-corrected chi connectivity index (χ2v) is 3.06. The summed E-state index contributed by atoms with van der Waals surface area (Å²) in [6.45, 7) is 4.46. The van der Waals surface area contributed by atoms with Crippen LogP contribution in [0.5, 0.6) is 0 Å². The maximum Gasteiger partial charge on any atom is 0.104 e. The molecule has 2 atom stereocenters. The lowest BCUT2D eigenvalue weighted by molar-refractivity contribution is 0.0366. The van der Waals surface area contributed by atoms with Crippen LogP contribution in [-0.4, -0.2) is 51.8 Å². The Morgan fingerprint density at radius 3 is 1.67 bits per heavy atom. The molecule has 0 radical (unpaired) electrons. The summed E-state index contributed by atoms with van der Waals surface area (Å²) in [5.74, 6) is 0. The Labute approximate surface area is 71.7 Å². The molecule has 0 spiro atoms. The van der Waals surface area contributed by atoms with E-state index in [4.69, 9.17) is 18.9 Å². The number of ether oxygens (including phenoxy) is 4. The van der Waals surface area contributed by atoms with Crippen LogP contribution in [0.3, 0.4) is 0 Å². The predicted octanol–water partition coefficient (Wildman–Crippen LogP) is -0.183. The van der Waals surface area contributed by atoms with Gasteiger partial charge in [0.15, 0.2) is 0 Å². The van der Waals surface area contributed by atoms with Gasteiger partial charge in [-0.05, 0) is 0 Å². The molecule has 2 aliphatic heterocycles. The molecule has 0 aromatic carbocycles. The van der Waals surface area contributed by atoms with Gasteiger partial charge in [-0.3, -0.25) is 0 Å². The van der Waals surface area contributed by atoms with Gasteiger partial charge in [0.05, 0.1) is 39.6 Å². The minimum absolute atomic E-state index is 0.358. The van der Waals surface area contributed by atoms with Crippen molar-refractivity contribution in [2.75, 3.05) is 39.6 Å². The minimum Gasteiger partial charge on any atom is -0.376 e. The van der Waals surface area contributed by atoms with Gasteiger partial charge in [0.25, 0.3) is 0 Å². The smallest absolute Gasteiger partial charge is 0.104 e. The van der Waals surface area contributed by atoms with Gasteiger partial charge in [0, 0.05) is 0 Å². The highest BCUT2D eigenvalue weighted by Crippen LogP contribution is 2.09. The second-order valence-electron chi connectivity index (χ2n) is 3.06. The molecule has 0 unspecified atom stereocenters. The Morgan fingerprint density at radius 1 is 0.917 bits per heavy atom. The maximum absolute atomic E-state index is 5.27. The average Bonchev–Trinajstić information content (AvgIpc) is 2.89. The third-order valence-corrected chi connectivity index (χ3v) is 1.78. The van der Waals surface area contributed by atoms with Gasteiger partial charge in [-0.1, -0.05) is 0 Å². The zero-order chi connectivity index (χ0) is 8.23. The van der Waals surface area contributed by atoms with E-state index in [0.717, 1.165) is 13.2 Å². The molecular formula is C8H14O4. The molecule has 0 bridgehead atoms. The fourth-order valence-electron chi connectivity index (χ4n) is 0.876. The zero-order valence-electron chi connectivity index (χ0n) is 7.03. The molecule has 2 aliphatic rings. The van der Waals surface area contributed by atoms with E-state index in [1.54, 1.807) is 0 Å². The summed E-state index contributed by atoms with van der Waals surface area (Å²) in [6.07, 6.45) is 0.716. The van der Waals surface area contributed by atoms with E-state index in [-0.39, 0.29) is 0 Å². The largest absolute Gasteiger partial charge is 0.376 e. The summed E-state index contributed by atoms with van der Waals surface area (Å²) in [5, 5.41) is 0. The molecule has 0 amide bonds. The molecule has 0 aliphatic carbocycles. The molecule has 4 heteroatoms. The van der Waals surface area contributed by atoms with E-state index < -0.39 is 0 Å². The van der Waals surface area contributed by atoms with Crippen LogP contribution >= 0.6 is 0 Å². The lowest BCUT2D eigenvalue weighted by Crippen LogP contribution is -2.10. The summed E-state index contributed by atoms with van der Waals surface area (Å²) in [5.41, 5.74) is 0. The first kappa shape index (κ1) is 8.44. The Morgan fingerprint density at radius 2 is 1.33 bits per heavy atom. The maximum atomic E-state index is 5.27. The lowest BCUT2D eigenvalue weighted by atomic mass is 10.5. The second kappa shape index (κ2) is 4.18. The SMILES string of the molecule is C(COC[C@H]1CO1)OC[C@@H]1CO1. The van der Waals surface area contributed by atoms with Crippen molar-refractivity contribution >= 4 is 0 Å². The average molecular weight is 174 g/mol. The van der Waals surface area contributed by atoms with Crippen molar-refractivity contribution in [2.24, 2.45) is 0 Å². The first-order chi connectivity index (χ1) is 5.95. The van der Waals surface area contributed by atoms with Crippen molar-refractivity contribution in [3.8, 4) is 0 Å². The van der Waals surface area contributed by atoms with Gasteiger partial charge in [-0.15, -0.1) is 0 Å². The van der Waals surface area contributed by atoms with Gasteiger partial charge >= 0.3 is 0 Å². The van der Waals surface area contributed by atoms with Crippen LogP contribution in [-0.2, 0) is 18.9 Å². The van der Waals surface area contributed by atoms with Crippen LogP contribution in [0.2, 0.25) is 0 Å². The van der Waals surface area contributed by atoms with Gasteiger partial charge in [-0.2, -0.15) is 0 Å². The van der Waals surface area contributed by atoms with E-state index in [0.29, 0.717) is 38.6 Å².